The number of hydrogen-bond acceptors (Lipinski definition) is 15. The van der Waals surface area contributed by atoms with Gasteiger partial charge in [-0.2, -0.15) is 0 Å². The van der Waals surface area contributed by atoms with E-state index in [2.05, 4.69) is 113 Å². The lowest BCUT2D eigenvalue weighted by Crippen LogP contribution is -2.30. The SMILES string of the molecule is CC/C=C\C/C=C\C/C=C\C/C=C\C/C=C\CC(=O)OCC(COP(=O)(O)OCC(O)COP(=O)(O)OCC(COC(=O)CCCCCCCC/C=C\C/C=C\C/C=C\CCCCC)OC(=O)CCCCCCCCCCCCC)OC(=O)CCCCCCC/C=C\CCCC. The van der Waals surface area contributed by atoms with E-state index in [-0.39, 0.29) is 25.7 Å². The summed E-state index contributed by atoms with van der Waals surface area (Å²) in [5.74, 6) is -2.34. The molecule has 0 aromatic rings. The molecule has 0 amide bonds. The minimum atomic E-state index is -4.99. The lowest BCUT2D eigenvalue weighted by Gasteiger charge is -2.21. The summed E-state index contributed by atoms with van der Waals surface area (Å²) >= 11 is 0. The molecule has 96 heavy (non-hydrogen) atoms. The van der Waals surface area contributed by atoms with Gasteiger partial charge in [-0.1, -0.05) is 272 Å². The van der Waals surface area contributed by atoms with Gasteiger partial charge >= 0.3 is 39.5 Å². The number of phosphoric ester groups is 2. The van der Waals surface area contributed by atoms with Gasteiger partial charge in [-0.15, -0.1) is 0 Å². The predicted molar refractivity (Wildman–Crippen MR) is 390 cm³/mol. The van der Waals surface area contributed by atoms with Gasteiger partial charge in [0.2, 0.25) is 0 Å². The second-order valence-corrected chi connectivity index (χ2v) is 27.4. The van der Waals surface area contributed by atoms with Crippen molar-refractivity contribution in [1.82, 2.24) is 0 Å². The highest BCUT2D eigenvalue weighted by Crippen LogP contribution is 2.45. The van der Waals surface area contributed by atoms with Gasteiger partial charge in [0.05, 0.1) is 32.8 Å². The van der Waals surface area contributed by atoms with Crippen LogP contribution in [0.1, 0.15) is 297 Å². The maximum atomic E-state index is 13.0. The zero-order valence-corrected chi connectivity index (χ0v) is 61.8. The molecule has 0 aliphatic heterocycles. The average molecular weight is 1390 g/mol. The van der Waals surface area contributed by atoms with Crippen LogP contribution in [0.2, 0.25) is 0 Å². The van der Waals surface area contributed by atoms with E-state index < -0.39 is 97.5 Å². The second-order valence-electron chi connectivity index (χ2n) is 24.5. The third kappa shape index (κ3) is 68.3. The van der Waals surface area contributed by atoms with Gasteiger partial charge in [0.15, 0.2) is 12.2 Å². The number of carbonyl (C=O) groups excluding carboxylic acids is 4. The van der Waals surface area contributed by atoms with Crippen LogP contribution in [0.5, 0.6) is 0 Å². The molecule has 5 unspecified atom stereocenters. The number of esters is 4. The number of unbranched alkanes of at least 4 members (excludes halogenated alkanes) is 26. The van der Waals surface area contributed by atoms with Gasteiger partial charge in [-0.25, -0.2) is 9.13 Å². The molecule has 0 aromatic heterocycles. The predicted octanol–water partition coefficient (Wildman–Crippen LogP) is 21.0. The van der Waals surface area contributed by atoms with E-state index in [1.165, 1.54) is 70.6 Å². The normalized spacial score (nSPS) is 14.6. The van der Waals surface area contributed by atoms with Crippen molar-refractivity contribution >= 4 is 39.5 Å². The molecule has 0 saturated carbocycles. The summed E-state index contributed by atoms with van der Waals surface area (Å²) in [5.41, 5.74) is 0. The van der Waals surface area contributed by atoms with Crippen LogP contribution in [0.4, 0.5) is 0 Å². The van der Waals surface area contributed by atoms with E-state index in [1.807, 2.05) is 18.2 Å². The van der Waals surface area contributed by atoms with Gasteiger partial charge in [-0.3, -0.25) is 37.3 Å². The average Bonchev–Trinajstić information content (AvgIpc) is 1.56. The molecule has 552 valence electrons. The first-order chi connectivity index (χ1) is 46.7. The Morgan fingerprint density at radius 3 is 0.990 bits per heavy atom. The molecule has 0 heterocycles. The van der Waals surface area contributed by atoms with Crippen molar-refractivity contribution in [2.24, 2.45) is 0 Å². The van der Waals surface area contributed by atoms with Gasteiger partial charge in [0, 0.05) is 19.3 Å². The van der Waals surface area contributed by atoms with E-state index in [1.54, 1.807) is 6.08 Å². The number of aliphatic hydroxyl groups excluding tert-OH is 1. The number of hydrogen-bond donors (Lipinski definition) is 3. The van der Waals surface area contributed by atoms with Crippen LogP contribution in [0, 0.1) is 0 Å². The monoisotopic (exact) mass is 1390 g/mol. The lowest BCUT2D eigenvalue weighted by molar-refractivity contribution is -0.161. The molecule has 0 bridgehead atoms. The third-order valence-electron chi connectivity index (χ3n) is 15.3. The van der Waals surface area contributed by atoms with E-state index in [0.29, 0.717) is 25.7 Å². The van der Waals surface area contributed by atoms with E-state index in [9.17, 15) is 43.2 Å². The van der Waals surface area contributed by atoms with Gasteiger partial charge in [0.25, 0.3) is 0 Å². The Balaban J connectivity index is 5.34. The molecular weight excluding hydrogens is 1260 g/mol. The van der Waals surface area contributed by atoms with Gasteiger partial charge < -0.3 is 33.8 Å². The first kappa shape index (κ1) is 91.7. The summed E-state index contributed by atoms with van der Waals surface area (Å²) in [6.45, 7) is 4.54. The van der Waals surface area contributed by atoms with Crippen LogP contribution >= 0.6 is 15.6 Å². The molecule has 19 heteroatoms. The summed E-state index contributed by atoms with van der Waals surface area (Å²) in [6, 6.07) is 0. The van der Waals surface area contributed by atoms with Gasteiger partial charge in [-0.05, 0) is 109 Å². The second kappa shape index (κ2) is 69.2. The highest BCUT2D eigenvalue weighted by Gasteiger charge is 2.30. The zero-order valence-electron chi connectivity index (χ0n) is 60.0. The molecule has 3 N–H and O–H groups in total. The van der Waals surface area contributed by atoms with Crippen LogP contribution in [0.15, 0.2) is 109 Å². The maximum Gasteiger partial charge on any atom is 0.472 e. The standard InChI is InChI=1S/C77H132O17P2/c1-5-9-13-17-21-25-29-31-33-34-35-36-38-40-44-46-50-54-58-62-75(80)88-68-73(94-77(82)64-60-56-52-48-42-28-24-20-16-12-8-4)70-92-96(85,86)90-66-71(78)65-89-95(83,84)91-69-72(93-76(81)63-59-55-51-47-41-27-23-19-15-11-7-3)67-87-74(79)61-57-53-49-45-43-39-37-32-30-26-22-18-14-10-6-2/h10,14,19,21-23,25-26,31-33,35-37,43,45,53,57,71-73,78H,5-9,11-13,15-18,20,24,27-30,34,38-42,44,46-52,54-56,58-70H2,1-4H3,(H,83,84)(H,85,86)/b14-10-,23-19-,25-21-,26-22-,33-31-,36-35-,37-32-,45-43-,57-53-. The van der Waals surface area contributed by atoms with Crippen LogP contribution in [0.25, 0.3) is 0 Å². The Hall–Kier alpha value is -4.28. The number of ether oxygens (including phenoxy) is 4. The fourth-order valence-corrected chi connectivity index (χ4v) is 11.2. The maximum absolute atomic E-state index is 13.0. The fourth-order valence-electron chi connectivity index (χ4n) is 9.57. The molecule has 0 fully saturated rings. The lowest BCUT2D eigenvalue weighted by atomic mass is 10.1. The molecule has 0 aromatic carbocycles. The van der Waals surface area contributed by atoms with Crippen LogP contribution in [-0.2, 0) is 65.4 Å². The summed E-state index contributed by atoms with van der Waals surface area (Å²) < 4.78 is 68.2. The first-order valence-electron chi connectivity index (χ1n) is 37.1. The van der Waals surface area contributed by atoms with Crippen LogP contribution in [-0.4, -0.2) is 96.7 Å². The highest BCUT2D eigenvalue weighted by molar-refractivity contribution is 7.47. The molecule has 0 saturated heterocycles. The summed E-state index contributed by atoms with van der Waals surface area (Å²) in [4.78, 5) is 72.6. The molecule has 0 rings (SSSR count). The zero-order chi connectivity index (χ0) is 70.4. The van der Waals surface area contributed by atoms with Gasteiger partial charge in [0.1, 0.15) is 19.3 Å². The van der Waals surface area contributed by atoms with Crippen molar-refractivity contribution in [1.29, 1.82) is 0 Å². The van der Waals surface area contributed by atoms with E-state index >= 15 is 0 Å². The third-order valence-corrected chi connectivity index (χ3v) is 17.2. The topological polar surface area (TPSA) is 237 Å². The van der Waals surface area contributed by atoms with Crippen LogP contribution < -0.4 is 0 Å². The van der Waals surface area contributed by atoms with E-state index in [0.717, 1.165) is 148 Å². The highest BCUT2D eigenvalue weighted by atomic mass is 31.2. The quantitative estimate of drug-likeness (QED) is 0.0169. The number of allylic oxidation sites excluding steroid dienone is 17. The van der Waals surface area contributed by atoms with Crippen molar-refractivity contribution in [3.8, 4) is 0 Å². The van der Waals surface area contributed by atoms with Crippen molar-refractivity contribution in [2.75, 3.05) is 39.6 Å². The number of phosphoric acid groups is 2. The molecular formula is C77H132O17P2. The molecule has 0 spiro atoms. The molecule has 17 nitrogen and oxygen atoms in total. The summed E-state index contributed by atoms with van der Waals surface area (Å²) in [5, 5.41) is 10.6. The Kier molecular flexibility index (Phi) is 66.1. The van der Waals surface area contributed by atoms with Crippen molar-refractivity contribution < 1.29 is 80.2 Å². The largest absolute Gasteiger partial charge is 0.472 e. The Morgan fingerprint density at radius 1 is 0.312 bits per heavy atom. The number of aliphatic hydroxyl groups is 1. The Bertz CT molecular complexity index is 2250. The van der Waals surface area contributed by atoms with Crippen LogP contribution in [0.3, 0.4) is 0 Å². The molecule has 0 aliphatic rings. The minimum Gasteiger partial charge on any atom is -0.462 e. The van der Waals surface area contributed by atoms with Crippen molar-refractivity contribution in [3.63, 3.8) is 0 Å². The van der Waals surface area contributed by atoms with Crippen molar-refractivity contribution in [2.45, 2.75) is 316 Å². The molecule has 0 aliphatic carbocycles. The van der Waals surface area contributed by atoms with E-state index in [4.69, 9.17) is 37.0 Å². The minimum absolute atomic E-state index is 0.0641. The summed E-state index contributed by atoms with van der Waals surface area (Å²) in [6.07, 6.45) is 72.7. The molecule has 5 atom stereocenters. The Labute approximate surface area is 581 Å². The summed E-state index contributed by atoms with van der Waals surface area (Å²) in [7, 11) is -9.97. The number of rotatable bonds is 69. The van der Waals surface area contributed by atoms with Crippen molar-refractivity contribution in [3.05, 3.63) is 109 Å². The molecule has 0 radical (unpaired) electrons. The fraction of sp³-hybridized carbons (Fsp3) is 0.714. The smallest absolute Gasteiger partial charge is 0.462 e. The first-order valence-corrected chi connectivity index (χ1v) is 40.1. The Morgan fingerprint density at radius 2 is 0.594 bits per heavy atom. The number of carbonyl (C=O) groups is 4.